The second kappa shape index (κ2) is 9.41. The standard InChI is InChI=1S/C24H31N7O4S/c1-6-35-23-16(3)14-31(28-23)19-10-9-17(21(27-19)30-13-15(2)12-24(30,4)5)22(32)29-36(33,34)18-8-7-11-26-20(18)25/h7-11,14-15H,6,12-13H2,1-5H3,(H2,25,26)(H,29,32)/t15-/m0/s1. The fraction of sp³-hybridized carbons (Fsp3) is 0.417. The molecule has 36 heavy (non-hydrogen) atoms. The zero-order valence-electron chi connectivity index (χ0n) is 21.0. The monoisotopic (exact) mass is 513 g/mol. The highest BCUT2D eigenvalue weighted by molar-refractivity contribution is 7.90. The van der Waals surface area contributed by atoms with Crippen molar-refractivity contribution in [3.63, 3.8) is 0 Å². The molecule has 1 saturated heterocycles. The van der Waals surface area contributed by atoms with Crippen LogP contribution in [0.4, 0.5) is 11.6 Å². The van der Waals surface area contributed by atoms with Crippen LogP contribution in [0.2, 0.25) is 0 Å². The minimum atomic E-state index is -4.26. The van der Waals surface area contributed by atoms with E-state index in [0.717, 1.165) is 12.0 Å². The molecule has 3 aromatic heterocycles. The number of carbonyl (C=O) groups is 1. The van der Waals surface area contributed by atoms with Crippen molar-refractivity contribution >= 4 is 27.6 Å². The molecule has 0 saturated carbocycles. The Morgan fingerprint density at radius 3 is 2.69 bits per heavy atom. The summed E-state index contributed by atoms with van der Waals surface area (Å²) in [5, 5.41) is 4.47. The van der Waals surface area contributed by atoms with Crippen LogP contribution in [0.15, 0.2) is 41.6 Å². The number of nitrogens with zero attached hydrogens (tertiary/aromatic N) is 5. The molecule has 0 radical (unpaired) electrons. The Hall–Kier alpha value is -3.67. The Morgan fingerprint density at radius 2 is 2.06 bits per heavy atom. The van der Waals surface area contributed by atoms with Crippen LogP contribution >= 0.6 is 0 Å². The van der Waals surface area contributed by atoms with E-state index >= 15 is 0 Å². The second-order valence-corrected chi connectivity index (χ2v) is 11.2. The molecule has 0 unspecified atom stereocenters. The van der Waals surface area contributed by atoms with Gasteiger partial charge < -0.3 is 15.4 Å². The molecule has 4 heterocycles. The van der Waals surface area contributed by atoms with Crippen LogP contribution in [0.3, 0.4) is 0 Å². The fourth-order valence-electron chi connectivity index (χ4n) is 4.61. The molecular formula is C24H31N7O4S. The predicted molar refractivity (Wildman–Crippen MR) is 136 cm³/mol. The summed E-state index contributed by atoms with van der Waals surface area (Å²) in [6, 6.07) is 5.92. The minimum Gasteiger partial charge on any atom is -0.477 e. The number of carbonyl (C=O) groups excluding carboxylic acids is 1. The quantitative estimate of drug-likeness (QED) is 0.487. The van der Waals surface area contributed by atoms with E-state index in [4.69, 9.17) is 15.5 Å². The fourth-order valence-corrected chi connectivity index (χ4v) is 5.66. The summed E-state index contributed by atoms with van der Waals surface area (Å²) in [5.41, 5.74) is 6.41. The number of aromatic nitrogens is 4. The third-order valence-corrected chi connectivity index (χ3v) is 7.50. The summed E-state index contributed by atoms with van der Waals surface area (Å²) < 4.78 is 35.1. The molecule has 1 amide bonds. The molecule has 0 aliphatic carbocycles. The number of nitrogens with two attached hydrogens (primary N) is 1. The molecule has 0 spiro atoms. The third kappa shape index (κ3) is 4.85. The van der Waals surface area contributed by atoms with E-state index in [2.05, 4.69) is 35.6 Å². The van der Waals surface area contributed by atoms with Crippen molar-refractivity contribution in [1.82, 2.24) is 24.5 Å². The summed E-state index contributed by atoms with van der Waals surface area (Å²) >= 11 is 0. The first-order chi connectivity index (χ1) is 16.9. The number of anilines is 2. The van der Waals surface area contributed by atoms with Crippen LogP contribution < -0.4 is 20.1 Å². The Kier molecular flexibility index (Phi) is 6.65. The predicted octanol–water partition coefficient (Wildman–Crippen LogP) is 2.70. The highest BCUT2D eigenvalue weighted by atomic mass is 32.2. The average Bonchev–Trinajstić information content (AvgIpc) is 3.30. The molecule has 0 bridgehead atoms. The first kappa shape index (κ1) is 25.4. The molecule has 1 aliphatic heterocycles. The maximum atomic E-state index is 13.3. The lowest BCUT2D eigenvalue weighted by atomic mass is 9.97. The molecular weight excluding hydrogens is 482 g/mol. The SMILES string of the molecule is CCOc1nn(-c2ccc(C(=O)NS(=O)(=O)c3cccnc3N)c(N3C[C@@H](C)CC3(C)C)n2)cc1C. The highest BCUT2D eigenvalue weighted by Crippen LogP contribution is 2.38. The maximum absolute atomic E-state index is 13.3. The van der Waals surface area contributed by atoms with Gasteiger partial charge in [0.1, 0.15) is 16.5 Å². The van der Waals surface area contributed by atoms with Gasteiger partial charge in [0.05, 0.1) is 12.2 Å². The zero-order chi connectivity index (χ0) is 26.3. The van der Waals surface area contributed by atoms with Gasteiger partial charge in [0.15, 0.2) is 5.82 Å². The molecule has 3 aromatic rings. The topological polar surface area (TPSA) is 145 Å². The summed E-state index contributed by atoms with van der Waals surface area (Å²) in [5.74, 6) is 0.703. The number of rotatable bonds is 7. The number of aryl methyl sites for hydroxylation is 1. The number of nitrogen functional groups attached to an aromatic ring is 1. The molecule has 3 N–H and O–H groups in total. The molecule has 1 fully saturated rings. The van der Waals surface area contributed by atoms with Gasteiger partial charge in [-0.15, -0.1) is 5.10 Å². The molecule has 11 nitrogen and oxygen atoms in total. The molecule has 4 rings (SSSR count). The van der Waals surface area contributed by atoms with Gasteiger partial charge in [-0.05, 0) is 64.3 Å². The Labute approximate surface area is 210 Å². The van der Waals surface area contributed by atoms with E-state index in [-0.39, 0.29) is 21.8 Å². The van der Waals surface area contributed by atoms with Crippen LogP contribution in [0.1, 0.15) is 50.0 Å². The smallest absolute Gasteiger partial charge is 0.268 e. The summed E-state index contributed by atoms with van der Waals surface area (Å²) in [6.45, 7) is 11.2. The summed E-state index contributed by atoms with van der Waals surface area (Å²) in [6.07, 6.45) is 4.06. The third-order valence-electron chi connectivity index (χ3n) is 6.12. The Morgan fingerprint density at radius 1 is 1.31 bits per heavy atom. The van der Waals surface area contributed by atoms with Gasteiger partial charge in [0.2, 0.25) is 5.88 Å². The normalized spacial score (nSPS) is 17.2. The maximum Gasteiger partial charge on any atom is 0.268 e. The second-order valence-electron chi connectivity index (χ2n) is 9.59. The van der Waals surface area contributed by atoms with E-state index < -0.39 is 15.9 Å². The van der Waals surface area contributed by atoms with Gasteiger partial charge in [0.25, 0.3) is 15.9 Å². The van der Waals surface area contributed by atoms with E-state index in [1.807, 2.05) is 18.7 Å². The Bertz CT molecular complexity index is 1400. The minimum absolute atomic E-state index is 0.126. The van der Waals surface area contributed by atoms with E-state index in [1.54, 1.807) is 23.0 Å². The van der Waals surface area contributed by atoms with Crippen molar-refractivity contribution < 1.29 is 17.9 Å². The van der Waals surface area contributed by atoms with Crippen LogP contribution in [-0.4, -0.2) is 52.8 Å². The van der Waals surface area contributed by atoms with Gasteiger partial charge in [0, 0.05) is 30.0 Å². The van der Waals surface area contributed by atoms with Gasteiger partial charge >= 0.3 is 0 Å². The lowest BCUT2D eigenvalue weighted by molar-refractivity contribution is 0.0981. The van der Waals surface area contributed by atoms with E-state index in [9.17, 15) is 13.2 Å². The number of nitrogens with one attached hydrogen (secondary N) is 1. The Balaban J connectivity index is 1.77. The molecule has 1 atom stereocenters. The zero-order valence-corrected chi connectivity index (χ0v) is 21.8. The van der Waals surface area contributed by atoms with Crippen LogP contribution in [0.5, 0.6) is 5.88 Å². The number of pyridine rings is 2. The summed E-state index contributed by atoms with van der Waals surface area (Å²) in [4.78, 5) is 23.7. The van der Waals surface area contributed by atoms with Crippen molar-refractivity contribution in [2.75, 3.05) is 23.8 Å². The van der Waals surface area contributed by atoms with Crippen LogP contribution in [-0.2, 0) is 10.0 Å². The van der Waals surface area contributed by atoms with Crippen molar-refractivity contribution in [3.05, 3.63) is 47.8 Å². The van der Waals surface area contributed by atoms with Gasteiger partial charge in [-0.25, -0.2) is 27.8 Å². The van der Waals surface area contributed by atoms with Gasteiger partial charge in [-0.2, -0.15) is 0 Å². The van der Waals surface area contributed by atoms with Crippen molar-refractivity contribution in [2.24, 2.45) is 5.92 Å². The first-order valence-electron chi connectivity index (χ1n) is 11.7. The molecule has 192 valence electrons. The van der Waals surface area contributed by atoms with E-state index in [0.29, 0.717) is 36.6 Å². The summed E-state index contributed by atoms with van der Waals surface area (Å²) in [7, 11) is -4.26. The highest BCUT2D eigenvalue weighted by Gasteiger charge is 2.39. The van der Waals surface area contributed by atoms with Gasteiger partial charge in [-0.1, -0.05) is 6.92 Å². The van der Waals surface area contributed by atoms with Crippen molar-refractivity contribution in [1.29, 1.82) is 0 Å². The lowest BCUT2D eigenvalue weighted by Crippen LogP contribution is -2.41. The number of amides is 1. The molecule has 0 aromatic carbocycles. The van der Waals surface area contributed by atoms with Crippen molar-refractivity contribution in [2.45, 2.75) is 51.5 Å². The number of hydrogen-bond donors (Lipinski definition) is 2. The van der Waals surface area contributed by atoms with E-state index in [1.165, 1.54) is 18.3 Å². The van der Waals surface area contributed by atoms with Gasteiger partial charge in [-0.3, -0.25) is 4.79 Å². The number of sulfonamides is 1. The molecule has 1 aliphatic rings. The first-order valence-corrected chi connectivity index (χ1v) is 13.2. The van der Waals surface area contributed by atoms with Crippen LogP contribution in [0.25, 0.3) is 5.82 Å². The average molecular weight is 514 g/mol. The van der Waals surface area contributed by atoms with Crippen LogP contribution in [0, 0.1) is 12.8 Å². The molecule has 12 heteroatoms. The van der Waals surface area contributed by atoms with Crippen molar-refractivity contribution in [3.8, 4) is 11.7 Å². The largest absolute Gasteiger partial charge is 0.477 e. The lowest BCUT2D eigenvalue weighted by Gasteiger charge is -2.34. The number of ether oxygens (including phenoxy) is 1. The number of hydrogen-bond acceptors (Lipinski definition) is 9.